The maximum absolute atomic E-state index is 11.6. The van der Waals surface area contributed by atoms with Gasteiger partial charge in [-0.15, -0.1) is 0 Å². The fourth-order valence-corrected chi connectivity index (χ4v) is 2.01. The van der Waals surface area contributed by atoms with Crippen LogP contribution in [0.5, 0.6) is 0 Å². The van der Waals surface area contributed by atoms with E-state index in [1.54, 1.807) is 0 Å². The second kappa shape index (κ2) is 5.64. The minimum atomic E-state index is 0.0307. The number of hydrogen-bond donors (Lipinski definition) is 0. The lowest BCUT2D eigenvalue weighted by Gasteiger charge is -2.34. The van der Waals surface area contributed by atoms with Crippen molar-refractivity contribution in [2.24, 2.45) is 5.92 Å². The third-order valence-electron chi connectivity index (χ3n) is 3.19. The van der Waals surface area contributed by atoms with E-state index in [0.29, 0.717) is 11.7 Å². The van der Waals surface area contributed by atoms with Gasteiger partial charge in [0.25, 0.3) is 0 Å². The van der Waals surface area contributed by atoms with E-state index in [2.05, 4.69) is 20.8 Å². The van der Waals surface area contributed by atoms with E-state index in [1.165, 1.54) is 0 Å². The van der Waals surface area contributed by atoms with Gasteiger partial charge >= 0.3 is 0 Å². The van der Waals surface area contributed by atoms with Crippen molar-refractivity contribution in [3.8, 4) is 0 Å². The topological polar surface area (TPSA) is 26.3 Å². The molecule has 1 heterocycles. The van der Waals surface area contributed by atoms with Crippen LogP contribution in [0, 0.1) is 5.92 Å². The molecule has 0 N–H and O–H groups in total. The molecule has 2 heteroatoms. The fraction of sp³-hybridized carbons (Fsp3) is 0.923. The molecule has 0 aromatic rings. The highest BCUT2D eigenvalue weighted by atomic mass is 16.5. The van der Waals surface area contributed by atoms with Crippen LogP contribution in [0.15, 0.2) is 0 Å². The second-order valence-corrected chi connectivity index (χ2v) is 5.32. The molecule has 0 saturated carbocycles. The van der Waals surface area contributed by atoms with E-state index in [1.807, 2.05) is 0 Å². The lowest BCUT2D eigenvalue weighted by molar-refractivity contribution is -0.124. The van der Waals surface area contributed by atoms with E-state index in [0.717, 1.165) is 45.1 Å². The molecule has 1 fully saturated rings. The van der Waals surface area contributed by atoms with Gasteiger partial charge in [-0.1, -0.05) is 13.3 Å². The number of ketones is 1. The Balaban J connectivity index is 2.21. The van der Waals surface area contributed by atoms with Crippen LogP contribution in [0.4, 0.5) is 0 Å². The predicted octanol–water partition coefficient (Wildman–Crippen LogP) is 3.34. The van der Waals surface area contributed by atoms with Crippen LogP contribution >= 0.6 is 0 Å². The van der Waals surface area contributed by atoms with Crippen molar-refractivity contribution in [3.05, 3.63) is 0 Å². The number of hydrogen-bond acceptors (Lipinski definition) is 2. The molecular formula is C13H24O2. The molecule has 1 saturated heterocycles. The summed E-state index contributed by atoms with van der Waals surface area (Å²) in [5, 5.41) is 0. The zero-order valence-corrected chi connectivity index (χ0v) is 10.3. The lowest BCUT2D eigenvalue weighted by atomic mass is 9.88. The standard InChI is InChI=1S/C13H24O2/c1-4-5-6-12(14)9-11-7-8-13(2,3)15-10-11/h11H,4-10H2,1-3H3. The van der Waals surface area contributed by atoms with Gasteiger partial charge < -0.3 is 4.74 Å². The molecule has 0 spiro atoms. The summed E-state index contributed by atoms with van der Waals surface area (Å²) in [7, 11) is 0. The number of ether oxygens (including phenoxy) is 1. The number of Topliss-reactive ketones (excluding diaryl/α,β-unsaturated/α-hetero) is 1. The van der Waals surface area contributed by atoms with Crippen LogP contribution in [-0.2, 0) is 9.53 Å². The maximum Gasteiger partial charge on any atom is 0.133 e. The Morgan fingerprint density at radius 3 is 2.73 bits per heavy atom. The zero-order chi connectivity index (χ0) is 11.3. The van der Waals surface area contributed by atoms with Gasteiger partial charge in [0, 0.05) is 12.8 Å². The number of carbonyl (C=O) groups is 1. The molecular weight excluding hydrogens is 188 g/mol. The van der Waals surface area contributed by atoms with Gasteiger partial charge in [-0.05, 0) is 39.0 Å². The third kappa shape index (κ3) is 4.78. The first-order valence-electron chi connectivity index (χ1n) is 6.19. The van der Waals surface area contributed by atoms with E-state index >= 15 is 0 Å². The van der Waals surface area contributed by atoms with Crippen LogP contribution in [0.2, 0.25) is 0 Å². The molecule has 0 amide bonds. The maximum atomic E-state index is 11.6. The van der Waals surface area contributed by atoms with E-state index in [9.17, 15) is 4.79 Å². The highest BCUT2D eigenvalue weighted by Gasteiger charge is 2.28. The first-order valence-corrected chi connectivity index (χ1v) is 6.19. The van der Waals surface area contributed by atoms with Crippen molar-refractivity contribution < 1.29 is 9.53 Å². The number of carbonyl (C=O) groups excluding carboxylic acids is 1. The molecule has 0 radical (unpaired) electrons. The van der Waals surface area contributed by atoms with Crippen LogP contribution in [0.25, 0.3) is 0 Å². The SMILES string of the molecule is CCCCC(=O)CC1CCC(C)(C)OC1. The average molecular weight is 212 g/mol. The zero-order valence-electron chi connectivity index (χ0n) is 10.3. The summed E-state index contributed by atoms with van der Waals surface area (Å²) in [5.74, 6) is 0.896. The fourth-order valence-electron chi connectivity index (χ4n) is 2.01. The van der Waals surface area contributed by atoms with E-state index in [-0.39, 0.29) is 5.60 Å². The van der Waals surface area contributed by atoms with Crippen LogP contribution in [-0.4, -0.2) is 18.0 Å². The Kier molecular flexibility index (Phi) is 4.78. The quantitative estimate of drug-likeness (QED) is 0.698. The molecule has 1 aliphatic heterocycles. The predicted molar refractivity (Wildman–Crippen MR) is 61.9 cm³/mol. The molecule has 1 unspecified atom stereocenters. The summed E-state index contributed by atoms with van der Waals surface area (Å²) in [4.78, 5) is 11.6. The molecule has 1 atom stereocenters. The molecule has 15 heavy (non-hydrogen) atoms. The Bertz CT molecular complexity index is 199. The summed E-state index contributed by atoms with van der Waals surface area (Å²) in [5.41, 5.74) is 0.0307. The first kappa shape index (κ1) is 12.7. The molecule has 0 bridgehead atoms. The molecule has 0 aromatic heterocycles. The van der Waals surface area contributed by atoms with Crippen LogP contribution < -0.4 is 0 Å². The highest BCUT2D eigenvalue weighted by molar-refractivity contribution is 5.78. The molecule has 0 aliphatic carbocycles. The molecule has 1 aliphatic rings. The summed E-state index contributed by atoms with van der Waals surface area (Å²) in [6, 6.07) is 0. The van der Waals surface area contributed by atoms with Crippen molar-refractivity contribution in [2.75, 3.05) is 6.61 Å². The average Bonchev–Trinajstić information content (AvgIpc) is 2.18. The minimum absolute atomic E-state index is 0.0307. The lowest BCUT2D eigenvalue weighted by Crippen LogP contribution is -2.34. The van der Waals surface area contributed by atoms with Crippen molar-refractivity contribution in [1.29, 1.82) is 0 Å². The molecule has 1 rings (SSSR count). The smallest absolute Gasteiger partial charge is 0.133 e. The molecule has 2 nitrogen and oxygen atoms in total. The summed E-state index contributed by atoms with van der Waals surface area (Å²) in [6.07, 6.45) is 5.87. The third-order valence-corrected chi connectivity index (χ3v) is 3.19. The van der Waals surface area contributed by atoms with Gasteiger partial charge in [0.15, 0.2) is 0 Å². The van der Waals surface area contributed by atoms with Gasteiger partial charge in [0.1, 0.15) is 5.78 Å². The van der Waals surface area contributed by atoms with E-state index in [4.69, 9.17) is 4.74 Å². The van der Waals surface area contributed by atoms with E-state index < -0.39 is 0 Å². The van der Waals surface area contributed by atoms with Gasteiger partial charge in [-0.2, -0.15) is 0 Å². The second-order valence-electron chi connectivity index (χ2n) is 5.32. The Hall–Kier alpha value is -0.370. The van der Waals surface area contributed by atoms with Crippen molar-refractivity contribution in [1.82, 2.24) is 0 Å². The normalized spacial score (nSPS) is 25.1. The Morgan fingerprint density at radius 2 is 2.20 bits per heavy atom. The minimum Gasteiger partial charge on any atom is -0.375 e. The van der Waals surface area contributed by atoms with Crippen LogP contribution in [0.3, 0.4) is 0 Å². The van der Waals surface area contributed by atoms with Crippen molar-refractivity contribution in [3.63, 3.8) is 0 Å². The summed E-state index contributed by atoms with van der Waals surface area (Å²) < 4.78 is 5.73. The number of unbranched alkanes of at least 4 members (excludes halogenated alkanes) is 1. The van der Waals surface area contributed by atoms with Crippen LogP contribution in [0.1, 0.15) is 59.3 Å². The van der Waals surface area contributed by atoms with Gasteiger partial charge in [-0.25, -0.2) is 0 Å². The van der Waals surface area contributed by atoms with Crippen molar-refractivity contribution in [2.45, 2.75) is 64.9 Å². The van der Waals surface area contributed by atoms with Gasteiger partial charge in [0.2, 0.25) is 0 Å². The summed E-state index contributed by atoms with van der Waals surface area (Å²) in [6.45, 7) is 7.15. The first-order chi connectivity index (χ1) is 7.03. The largest absolute Gasteiger partial charge is 0.375 e. The highest BCUT2D eigenvalue weighted by Crippen LogP contribution is 2.29. The Morgan fingerprint density at radius 1 is 1.47 bits per heavy atom. The summed E-state index contributed by atoms with van der Waals surface area (Å²) >= 11 is 0. The molecule has 88 valence electrons. The molecule has 0 aromatic carbocycles. The van der Waals surface area contributed by atoms with Gasteiger partial charge in [0.05, 0.1) is 12.2 Å². The monoisotopic (exact) mass is 212 g/mol. The number of rotatable bonds is 5. The van der Waals surface area contributed by atoms with Crippen molar-refractivity contribution >= 4 is 5.78 Å². The Labute approximate surface area is 93.4 Å². The van der Waals surface area contributed by atoms with Gasteiger partial charge in [-0.3, -0.25) is 4.79 Å².